The van der Waals surface area contributed by atoms with Crippen molar-refractivity contribution in [2.24, 2.45) is 0 Å². The highest BCUT2D eigenvalue weighted by Gasteiger charge is 2.38. The summed E-state index contributed by atoms with van der Waals surface area (Å²) in [6.45, 7) is 6.07. The Balaban J connectivity index is 1.34. The van der Waals surface area contributed by atoms with E-state index in [1.165, 1.54) is 10.7 Å². The Morgan fingerprint density at radius 1 is 1.17 bits per heavy atom. The minimum Gasteiger partial charge on any atom is -0.393 e. The number of aromatic nitrogens is 4. The summed E-state index contributed by atoms with van der Waals surface area (Å²) in [6, 6.07) is 5.84. The molecule has 0 bridgehead atoms. The van der Waals surface area contributed by atoms with Gasteiger partial charge in [-0.2, -0.15) is 28.2 Å². The van der Waals surface area contributed by atoms with E-state index >= 15 is 0 Å². The van der Waals surface area contributed by atoms with Crippen molar-refractivity contribution in [2.75, 3.05) is 43.1 Å². The average Bonchev–Trinajstić information content (AvgIpc) is 3.22. The molecule has 12 heteroatoms. The molecule has 1 atom stereocenters. The Morgan fingerprint density at radius 3 is 2.69 bits per heavy atom. The molecular weight excluding hydrogens is 475 g/mol. The largest absolute Gasteiger partial charge is 0.416 e. The van der Waals surface area contributed by atoms with Gasteiger partial charge in [-0.3, -0.25) is 4.90 Å². The lowest BCUT2D eigenvalue weighted by Crippen LogP contribution is -2.64. The molecule has 1 aliphatic carbocycles. The molecule has 4 heterocycles. The van der Waals surface area contributed by atoms with Crippen LogP contribution in [0.4, 0.5) is 24.9 Å². The number of morpholine rings is 1. The van der Waals surface area contributed by atoms with E-state index < -0.39 is 11.7 Å². The Hall–Kier alpha value is -2.96. The first kappa shape index (κ1) is 23.4. The van der Waals surface area contributed by atoms with Crippen molar-refractivity contribution in [2.45, 2.75) is 50.2 Å². The summed E-state index contributed by atoms with van der Waals surface area (Å²) < 4.78 is 47.0. The lowest BCUT2D eigenvalue weighted by molar-refractivity contribution is -0.137. The third-order valence-corrected chi connectivity index (χ3v) is 7.32. The standard InChI is InChI=1S/C24H28F3N7O2/c1-14-13-36-6-5-33(14)18-11-32(12-18)21-20-10-28-34(17-4-2-3-15(7-17)24(25,26)27)22(20)31-23(30-21)29-16-8-19(35)9-16/h2-4,7,10,14,16,18-19,35H,5-6,8-9,11-13H2,1H3,(H,29,30,31)/t14-,16-,19+/m1/s1. The molecule has 3 aromatic rings. The van der Waals surface area contributed by atoms with Crippen LogP contribution in [0.5, 0.6) is 0 Å². The third-order valence-electron chi connectivity index (χ3n) is 7.32. The van der Waals surface area contributed by atoms with E-state index in [1.54, 1.807) is 12.3 Å². The number of anilines is 2. The van der Waals surface area contributed by atoms with Gasteiger partial charge < -0.3 is 20.1 Å². The van der Waals surface area contributed by atoms with Gasteiger partial charge >= 0.3 is 6.18 Å². The highest BCUT2D eigenvalue weighted by molar-refractivity contribution is 5.89. The van der Waals surface area contributed by atoms with Gasteiger partial charge in [-0.1, -0.05) is 6.07 Å². The summed E-state index contributed by atoms with van der Waals surface area (Å²) in [5.74, 6) is 1.09. The normalized spacial score (nSPS) is 25.6. The zero-order valence-electron chi connectivity index (χ0n) is 19.8. The van der Waals surface area contributed by atoms with Crippen LogP contribution in [0.1, 0.15) is 25.3 Å². The number of alkyl halides is 3. The summed E-state index contributed by atoms with van der Waals surface area (Å²) in [4.78, 5) is 14.0. The van der Waals surface area contributed by atoms with Gasteiger partial charge in [0, 0.05) is 37.8 Å². The topological polar surface area (TPSA) is 91.6 Å². The maximum atomic E-state index is 13.3. The van der Waals surface area contributed by atoms with Gasteiger partial charge in [-0.15, -0.1) is 0 Å². The SMILES string of the molecule is C[C@@H]1COCCN1C1CN(c2nc(N[C@H]3C[C@@H](O)C3)nc3c2cnn3-c2cccc(C(F)(F)F)c2)C1. The molecule has 0 radical (unpaired) electrons. The maximum Gasteiger partial charge on any atom is 0.416 e. The summed E-state index contributed by atoms with van der Waals surface area (Å²) >= 11 is 0. The number of hydrogen-bond donors (Lipinski definition) is 2. The number of fused-ring (bicyclic) bond motifs is 1. The zero-order valence-corrected chi connectivity index (χ0v) is 19.8. The van der Waals surface area contributed by atoms with Crippen molar-refractivity contribution < 1.29 is 23.0 Å². The van der Waals surface area contributed by atoms with E-state index in [9.17, 15) is 18.3 Å². The molecule has 2 N–H and O–H groups in total. The second kappa shape index (κ2) is 8.86. The van der Waals surface area contributed by atoms with Crippen LogP contribution in [0.25, 0.3) is 16.7 Å². The highest BCUT2D eigenvalue weighted by Crippen LogP contribution is 2.34. The molecule has 1 aromatic carbocycles. The van der Waals surface area contributed by atoms with E-state index in [0.29, 0.717) is 47.7 Å². The first-order valence-corrected chi connectivity index (χ1v) is 12.2. The number of hydrogen-bond acceptors (Lipinski definition) is 8. The predicted molar refractivity (Wildman–Crippen MR) is 127 cm³/mol. The smallest absolute Gasteiger partial charge is 0.393 e. The third kappa shape index (κ3) is 4.27. The predicted octanol–water partition coefficient (Wildman–Crippen LogP) is 2.68. The zero-order chi connectivity index (χ0) is 25.0. The van der Waals surface area contributed by atoms with Crippen LogP contribution in [0.15, 0.2) is 30.5 Å². The number of benzene rings is 1. The van der Waals surface area contributed by atoms with Gasteiger partial charge in [0.15, 0.2) is 5.65 Å². The van der Waals surface area contributed by atoms with Gasteiger partial charge in [0.25, 0.3) is 0 Å². The minimum atomic E-state index is -4.46. The van der Waals surface area contributed by atoms with Crippen LogP contribution in [-0.4, -0.2) is 86.8 Å². The number of halogens is 3. The lowest BCUT2D eigenvalue weighted by atomic mass is 9.90. The Kier molecular flexibility index (Phi) is 5.77. The molecule has 9 nitrogen and oxygen atoms in total. The van der Waals surface area contributed by atoms with E-state index in [4.69, 9.17) is 9.72 Å². The van der Waals surface area contributed by atoms with Crippen LogP contribution in [0.2, 0.25) is 0 Å². The first-order valence-electron chi connectivity index (χ1n) is 12.2. The molecule has 0 unspecified atom stereocenters. The quantitative estimate of drug-likeness (QED) is 0.549. The average molecular weight is 504 g/mol. The van der Waals surface area contributed by atoms with Crippen LogP contribution in [0, 0.1) is 0 Å². The van der Waals surface area contributed by atoms with Gasteiger partial charge in [0.05, 0.1) is 42.2 Å². The van der Waals surface area contributed by atoms with Gasteiger partial charge in [-0.25, -0.2) is 4.68 Å². The van der Waals surface area contributed by atoms with Crippen molar-refractivity contribution in [3.05, 3.63) is 36.0 Å². The molecule has 3 fully saturated rings. The molecule has 2 saturated heterocycles. The lowest BCUT2D eigenvalue weighted by Gasteiger charge is -2.49. The molecule has 192 valence electrons. The number of aliphatic hydroxyl groups excluding tert-OH is 1. The molecule has 6 rings (SSSR count). The number of ether oxygens (including phenoxy) is 1. The van der Waals surface area contributed by atoms with E-state index in [-0.39, 0.29) is 17.8 Å². The number of rotatable bonds is 5. The minimum absolute atomic E-state index is 0.0496. The summed E-state index contributed by atoms with van der Waals surface area (Å²) in [5.41, 5.74) is -0.0343. The van der Waals surface area contributed by atoms with Crippen molar-refractivity contribution in [1.82, 2.24) is 24.6 Å². The summed E-state index contributed by atoms with van der Waals surface area (Å²) in [6.07, 6.45) is -1.98. The molecule has 3 aliphatic rings. The molecule has 2 aliphatic heterocycles. The van der Waals surface area contributed by atoms with Crippen LogP contribution < -0.4 is 10.2 Å². The van der Waals surface area contributed by atoms with Crippen molar-refractivity contribution >= 4 is 22.8 Å². The summed E-state index contributed by atoms with van der Waals surface area (Å²) in [7, 11) is 0. The van der Waals surface area contributed by atoms with E-state index in [1.807, 2.05) is 0 Å². The van der Waals surface area contributed by atoms with Crippen molar-refractivity contribution in [1.29, 1.82) is 0 Å². The monoisotopic (exact) mass is 503 g/mol. The highest BCUT2D eigenvalue weighted by atomic mass is 19.4. The first-order chi connectivity index (χ1) is 17.3. The second-order valence-electron chi connectivity index (χ2n) is 9.90. The number of nitrogens with zero attached hydrogens (tertiary/aromatic N) is 6. The van der Waals surface area contributed by atoms with Crippen molar-refractivity contribution in [3.8, 4) is 5.69 Å². The van der Waals surface area contributed by atoms with Gasteiger partial charge in [-0.05, 0) is 38.0 Å². The van der Waals surface area contributed by atoms with Gasteiger partial charge in [0.1, 0.15) is 5.82 Å². The van der Waals surface area contributed by atoms with Crippen molar-refractivity contribution in [3.63, 3.8) is 0 Å². The molecule has 1 saturated carbocycles. The van der Waals surface area contributed by atoms with E-state index in [2.05, 4.69) is 32.1 Å². The molecule has 2 aromatic heterocycles. The Labute approximate surface area is 205 Å². The second-order valence-corrected chi connectivity index (χ2v) is 9.90. The molecule has 0 spiro atoms. The van der Waals surface area contributed by atoms with Crippen LogP contribution in [0.3, 0.4) is 0 Å². The summed E-state index contributed by atoms with van der Waals surface area (Å²) in [5, 5.41) is 18.0. The Morgan fingerprint density at radius 2 is 1.97 bits per heavy atom. The van der Waals surface area contributed by atoms with Gasteiger partial charge in [0.2, 0.25) is 5.95 Å². The number of nitrogens with one attached hydrogen (secondary N) is 1. The molecule has 36 heavy (non-hydrogen) atoms. The number of aliphatic hydroxyl groups is 1. The Bertz CT molecular complexity index is 1250. The van der Waals surface area contributed by atoms with E-state index in [0.717, 1.165) is 45.0 Å². The van der Waals surface area contributed by atoms with Crippen LogP contribution >= 0.6 is 0 Å². The fraction of sp³-hybridized carbons (Fsp3) is 0.542. The molecular formula is C24H28F3N7O2. The van der Waals surface area contributed by atoms with Crippen LogP contribution in [-0.2, 0) is 10.9 Å². The fourth-order valence-electron chi connectivity index (χ4n) is 5.21. The molecule has 0 amide bonds. The fourth-order valence-corrected chi connectivity index (χ4v) is 5.21. The maximum absolute atomic E-state index is 13.3.